The lowest BCUT2D eigenvalue weighted by molar-refractivity contribution is -0.138. The van der Waals surface area contributed by atoms with Gasteiger partial charge in [0.1, 0.15) is 17.6 Å². The van der Waals surface area contributed by atoms with E-state index in [4.69, 9.17) is 0 Å². The summed E-state index contributed by atoms with van der Waals surface area (Å²) in [5.41, 5.74) is -0.0937. The number of aliphatic hydroxyl groups is 2. The summed E-state index contributed by atoms with van der Waals surface area (Å²) < 4.78 is 4.37. The number of aliphatic hydroxyl groups excluding tert-OH is 2. The van der Waals surface area contributed by atoms with Crippen LogP contribution in [0.3, 0.4) is 0 Å². The minimum atomic E-state index is -1.12. The second kappa shape index (κ2) is 3.55. The van der Waals surface area contributed by atoms with Gasteiger partial charge in [0.2, 0.25) is 0 Å². The van der Waals surface area contributed by atoms with Crippen LogP contribution in [-0.2, 0) is 9.53 Å². The van der Waals surface area contributed by atoms with Crippen LogP contribution in [0.25, 0.3) is 0 Å². The fraction of sp³-hybridized carbons (Fsp3) is 0.571. The first-order valence-corrected chi connectivity index (χ1v) is 3.58. The average Bonchev–Trinajstić information content (AvgIpc) is 2.03. The van der Waals surface area contributed by atoms with E-state index < -0.39 is 12.2 Å². The second-order valence-corrected chi connectivity index (χ2v) is 2.46. The summed E-state index contributed by atoms with van der Waals surface area (Å²) in [5, 5.41) is 21.0. The van der Waals surface area contributed by atoms with Gasteiger partial charge in [-0.2, -0.15) is 0 Å². The van der Waals surface area contributed by atoms with Crippen LogP contribution in [0.5, 0.6) is 0 Å². The Labute approximate surface area is 69.6 Å². The number of ether oxygens (including phenoxy) is 1. The van der Waals surface area contributed by atoms with Crippen LogP contribution in [0, 0.1) is 0 Å². The molecule has 0 saturated heterocycles. The van der Waals surface area contributed by atoms with Crippen molar-refractivity contribution in [3.05, 3.63) is 11.3 Å². The predicted molar refractivity (Wildman–Crippen MR) is 40.3 cm³/mol. The topological polar surface area (TPSA) is 78.8 Å². The molecule has 1 aliphatic heterocycles. The number of hydrogen-bond acceptors (Lipinski definition) is 5. The molecule has 1 heterocycles. The fourth-order valence-corrected chi connectivity index (χ4v) is 1.06. The molecule has 0 bridgehead atoms. The molecule has 1 unspecified atom stereocenters. The first-order valence-electron chi connectivity index (χ1n) is 3.58. The number of methoxy groups -OCH3 is 1. The monoisotopic (exact) mass is 173 g/mol. The van der Waals surface area contributed by atoms with E-state index in [0.717, 1.165) is 0 Å². The van der Waals surface area contributed by atoms with Crippen molar-refractivity contribution in [1.29, 1.82) is 0 Å². The molecule has 5 nitrogen and oxygen atoms in total. The van der Waals surface area contributed by atoms with Gasteiger partial charge >= 0.3 is 5.97 Å². The first-order chi connectivity index (χ1) is 5.66. The van der Waals surface area contributed by atoms with Crippen molar-refractivity contribution in [3.63, 3.8) is 0 Å². The number of carbonyl (C=O) groups is 1. The van der Waals surface area contributed by atoms with Crippen LogP contribution in [0.15, 0.2) is 11.3 Å². The Kier molecular flexibility index (Phi) is 2.67. The van der Waals surface area contributed by atoms with E-state index >= 15 is 0 Å². The number of carbonyl (C=O) groups excluding carboxylic acids is 1. The largest absolute Gasteiger partial charge is 0.512 e. The van der Waals surface area contributed by atoms with Gasteiger partial charge in [-0.05, 0) is 0 Å². The second-order valence-electron chi connectivity index (χ2n) is 2.46. The highest BCUT2D eigenvalue weighted by atomic mass is 16.5. The molecule has 12 heavy (non-hydrogen) atoms. The molecule has 1 aliphatic rings. The number of hydrogen-bond donors (Lipinski definition) is 3. The van der Waals surface area contributed by atoms with Gasteiger partial charge in [0.05, 0.1) is 7.11 Å². The maximum atomic E-state index is 10.9. The Morgan fingerprint density at radius 3 is 2.92 bits per heavy atom. The zero-order valence-electron chi connectivity index (χ0n) is 6.70. The molecule has 5 heteroatoms. The smallest absolute Gasteiger partial charge is 0.341 e. The van der Waals surface area contributed by atoms with Crippen LogP contribution >= 0.6 is 0 Å². The number of rotatable bonds is 1. The third-order valence-corrected chi connectivity index (χ3v) is 1.69. The van der Waals surface area contributed by atoms with Crippen LogP contribution in [-0.4, -0.2) is 36.1 Å². The van der Waals surface area contributed by atoms with Gasteiger partial charge < -0.3 is 14.9 Å². The van der Waals surface area contributed by atoms with E-state index in [1.807, 2.05) is 0 Å². The lowest BCUT2D eigenvalue weighted by Gasteiger charge is -2.20. The lowest BCUT2D eigenvalue weighted by atomic mass is 10.1. The summed E-state index contributed by atoms with van der Waals surface area (Å²) in [6.07, 6.45) is -0.784. The molecule has 68 valence electrons. The Morgan fingerprint density at radius 2 is 2.42 bits per heavy atom. The zero-order chi connectivity index (χ0) is 9.14. The van der Waals surface area contributed by atoms with Crippen LogP contribution in [0.4, 0.5) is 0 Å². The minimum absolute atomic E-state index is 0.0937. The van der Waals surface area contributed by atoms with E-state index in [-0.39, 0.29) is 11.3 Å². The molecule has 0 aromatic rings. The van der Waals surface area contributed by atoms with Gasteiger partial charge in [0, 0.05) is 13.0 Å². The Balaban J connectivity index is 2.88. The summed E-state index contributed by atoms with van der Waals surface area (Å²) in [7, 11) is 1.20. The summed E-state index contributed by atoms with van der Waals surface area (Å²) in [5.74, 6) is -0.805. The summed E-state index contributed by atoms with van der Waals surface area (Å²) >= 11 is 0. The number of nitrogens with one attached hydrogen (secondary N) is 1. The van der Waals surface area contributed by atoms with Gasteiger partial charge in [-0.15, -0.1) is 0 Å². The fourth-order valence-electron chi connectivity index (χ4n) is 1.06. The molecular formula is C7H11NO4. The van der Waals surface area contributed by atoms with Crippen molar-refractivity contribution in [2.24, 2.45) is 0 Å². The van der Waals surface area contributed by atoms with E-state index in [1.54, 1.807) is 0 Å². The molecule has 0 fully saturated rings. The molecule has 1 atom stereocenters. The van der Waals surface area contributed by atoms with Crippen molar-refractivity contribution >= 4 is 5.97 Å². The van der Waals surface area contributed by atoms with Crippen molar-refractivity contribution < 1.29 is 19.7 Å². The predicted octanol–water partition coefficient (Wildman–Crippen LogP) is -0.717. The van der Waals surface area contributed by atoms with Crippen molar-refractivity contribution in [1.82, 2.24) is 5.32 Å². The molecule has 1 rings (SSSR count). The summed E-state index contributed by atoms with van der Waals surface area (Å²) in [6, 6.07) is 0. The first kappa shape index (κ1) is 9.02. The molecule has 0 amide bonds. The number of esters is 1. The van der Waals surface area contributed by atoms with Crippen molar-refractivity contribution in [2.75, 3.05) is 13.7 Å². The standard InChI is InChI=1S/C7H11NO4/c1-12-7(11)5-4(9)2-3-8-6(5)10/h6,8-10H,2-3H2,1H3. The molecule has 0 aromatic carbocycles. The van der Waals surface area contributed by atoms with Crippen molar-refractivity contribution in [3.8, 4) is 0 Å². The van der Waals surface area contributed by atoms with E-state index in [9.17, 15) is 15.0 Å². The normalized spacial score (nSPS) is 24.0. The molecule has 0 spiro atoms. The molecule has 3 N–H and O–H groups in total. The SMILES string of the molecule is COC(=O)C1=C(O)CCNC1O. The van der Waals surface area contributed by atoms with Gasteiger partial charge in [-0.25, -0.2) is 4.79 Å². The molecule has 0 aliphatic carbocycles. The average molecular weight is 173 g/mol. The molecule has 0 radical (unpaired) electrons. The van der Waals surface area contributed by atoms with Crippen LogP contribution < -0.4 is 5.32 Å². The van der Waals surface area contributed by atoms with E-state index in [1.165, 1.54) is 7.11 Å². The lowest BCUT2D eigenvalue weighted by Crippen LogP contribution is -2.39. The minimum Gasteiger partial charge on any atom is -0.512 e. The highest BCUT2D eigenvalue weighted by Crippen LogP contribution is 2.14. The molecule has 0 aromatic heterocycles. The quantitative estimate of drug-likeness (QED) is 0.456. The highest BCUT2D eigenvalue weighted by molar-refractivity contribution is 5.90. The van der Waals surface area contributed by atoms with Gasteiger partial charge in [-0.3, -0.25) is 5.32 Å². The Hall–Kier alpha value is -1.07. The van der Waals surface area contributed by atoms with E-state index in [2.05, 4.69) is 10.1 Å². The third kappa shape index (κ3) is 1.57. The Bertz CT molecular complexity index is 223. The van der Waals surface area contributed by atoms with Crippen LogP contribution in [0.2, 0.25) is 0 Å². The zero-order valence-corrected chi connectivity index (χ0v) is 6.70. The third-order valence-electron chi connectivity index (χ3n) is 1.69. The summed E-state index contributed by atoms with van der Waals surface area (Å²) in [4.78, 5) is 10.9. The van der Waals surface area contributed by atoms with Gasteiger partial charge in [0.15, 0.2) is 0 Å². The molecule has 0 saturated carbocycles. The highest BCUT2D eigenvalue weighted by Gasteiger charge is 2.26. The molecular weight excluding hydrogens is 162 g/mol. The maximum absolute atomic E-state index is 10.9. The van der Waals surface area contributed by atoms with Gasteiger partial charge in [0.25, 0.3) is 0 Å². The van der Waals surface area contributed by atoms with E-state index in [0.29, 0.717) is 13.0 Å². The van der Waals surface area contributed by atoms with Crippen molar-refractivity contribution in [2.45, 2.75) is 12.6 Å². The maximum Gasteiger partial charge on any atom is 0.341 e. The Morgan fingerprint density at radius 1 is 1.75 bits per heavy atom. The van der Waals surface area contributed by atoms with Crippen LogP contribution in [0.1, 0.15) is 6.42 Å². The summed E-state index contributed by atoms with van der Waals surface area (Å²) in [6.45, 7) is 0.452. The van der Waals surface area contributed by atoms with Gasteiger partial charge in [-0.1, -0.05) is 0 Å².